The van der Waals surface area contributed by atoms with Gasteiger partial charge in [0, 0.05) is 5.56 Å². The van der Waals surface area contributed by atoms with Crippen molar-refractivity contribution in [1.82, 2.24) is 0 Å². The van der Waals surface area contributed by atoms with Crippen molar-refractivity contribution >= 4 is 23.1 Å². The van der Waals surface area contributed by atoms with Gasteiger partial charge in [-0.3, -0.25) is 4.79 Å². The Morgan fingerprint density at radius 2 is 2.00 bits per heavy atom. The molecular weight excluding hydrogens is 264 g/mol. The van der Waals surface area contributed by atoms with E-state index in [1.54, 1.807) is 18.2 Å². The van der Waals surface area contributed by atoms with E-state index < -0.39 is 12.0 Å². The summed E-state index contributed by atoms with van der Waals surface area (Å²) in [6.45, 7) is 4.13. The van der Waals surface area contributed by atoms with Crippen LogP contribution in [0.15, 0.2) is 18.2 Å². The van der Waals surface area contributed by atoms with E-state index in [4.69, 9.17) is 33.2 Å². The molecule has 0 aliphatic rings. The number of rotatable bonds is 7. The van der Waals surface area contributed by atoms with Crippen molar-refractivity contribution in [2.45, 2.75) is 26.4 Å². The number of thiocarbonyl (C=S) groups is 1. The Morgan fingerprint density at radius 3 is 2.47 bits per heavy atom. The zero-order valence-electron chi connectivity index (χ0n) is 11.0. The summed E-state index contributed by atoms with van der Waals surface area (Å²) in [7, 11) is 0. The lowest BCUT2D eigenvalue weighted by molar-refractivity contribution is -0.124. The van der Waals surface area contributed by atoms with Gasteiger partial charge in [0.1, 0.15) is 4.99 Å². The highest BCUT2D eigenvalue weighted by molar-refractivity contribution is 7.80. The standard InChI is InChI=1S/C13H18N2O3S/c1-3-9(12(14)16)18-10-6-5-8(13(15)19)7-11(10)17-4-2/h5-7,9H,3-4H2,1-2H3,(H2,14,16)(H2,15,19). The third-order valence-electron chi connectivity index (χ3n) is 2.49. The maximum absolute atomic E-state index is 11.2. The quantitative estimate of drug-likeness (QED) is 0.737. The van der Waals surface area contributed by atoms with E-state index in [9.17, 15) is 4.79 Å². The van der Waals surface area contributed by atoms with Gasteiger partial charge in [-0.05, 0) is 31.5 Å². The predicted octanol–water partition coefficient (Wildman–Crippen LogP) is 1.36. The lowest BCUT2D eigenvalue weighted by atomic mass is 10.2. The third-order valence-corrected chi connectivity index (χ3v) is 2.72. The van der Waals surface area contributed by atoms with Crippen LogP contribution in [0.25, 0.3) is 0 Å². The molecular formula is C13H18N2O3S. The van der Waals surface area contributed by atoms with Crippen molar-refractivity contribution in [2.75, 3.05) is 6.61 Å². The second-order valence-electron chi connectivity index (χ2n) is 3.88. The molecule has 0 aromatic heterocycles. The van der Waals surface area contributed by atoms with E-state index in [0.29, 0.717) is 30.1 Å². The second-order valence-corrected chi connectivity index (χ2v) is 4.32. The summed E-state index contributed by atoms with van der Waals surface area (Å²) in [6, 6.07) is 5.08. The van der Waals surface area contributed by atoms with Gasteiger partial charge in [-0.15, -0.1) is 0 Å². The largest absolute Gasteiger partial charge is 0.490 e. The van der Waals surface area contributed by atoms with Crippen molar-refractivity contribution < 1.29 is 14.3 Å². The van der Waals surface area contributed by atoms with E-state index in [2.05, 4.69) is 0 Å². The van der Waals surface area contributed by atoms with Gasteiger partial charge in [0.15, 0.2) is 17.6 Å². The molecule has 0 bridgehead atoms. The minimum atomic E-state index is -0.685. The maximum atomic E-state index is 11.2. The zero-order valence-corrected chi connectivity index (χ0v) is 11.8. The number of amides is 1. The molecule has 1 unspecified atom stereocenters. The highest BCUT2D eigenvalue weighted by Gasteiger charge is 2.17. The molecule has 1 aromatic rings. The number of carbonyl (C=O) groups is 1. The molecule has 1 amide bonds. The summed E-state index contributed by atoms with van der Waals surface area (Å²) in [5.41, 5.74) is 11.5. The first kappa shape index (κ1) is 15.2. The van der Waals surface area contributed by atoms with Gasteiger partial charge in [0.2, 0.25) is 0 Å². The lowest BCUT2D eigenvalue weighted by Crippen LogP contribution is -2.33. The number of ether oxygens (including phenoxy) is 2. The van der Waals surface area contributed by atoms with Crippen LogP contribution in [0.1, 0.15) is 25.8 Å². The summed E-state index contributed by atoms with van der Waals surface area (Å²) in [6.07, 6.45) is -0.201. The van der Waals surface area contributed by atoms with Gasteiger partial charge in [-0.25, -0.2) is 0 Å². The zero-order chi connectivity index (χ0) is 14.4. The van der Waals surface area contributed by atoms with E-state index in [1.165, 1.54) is 0 Å². The van der Waals surface area contributed by atoms with Crippen molar-refractivity contribution in [3.8, 4) is 11.5 Å². The molecule has 6 heteroatoms. The minimum absolute atomic E-state index is 0.273. The van der Waals surface area contributed by atoms with Gasteiger partial charge in [-0.2, -0.15) is 0 Å². The highest BCUT2D eigenvalue weighted by atomic mass is 32.1. The summed E-state index contributed by atoms with van der Waals surface area (Å²) in [4.78, 5) is 11.5. The SMILES string of the molecule is CCOc1cc(C(N)=S)ccc1OC(CC)C(N)=O. The van der Waals surface area contributed by atoms with Crippen molar-refractivity contribution in [3.63, 3.8) is 0 Å². The molecule has 0 spiro atoms. The average Bonchev–Trinajstić information content (AvgIpc) is 2.36. The van der Waals surface area contributed by atoms with Crippen molar-refractivity contribution in [1.29, 1.82) is 0 Å². The van der Waals surface area contributed by atoms with Crippen LogP contribution in [0.5, 0.6) is 11.5 Å². The Kier molecular flexibility index (Phi) is 5.57. The average molecular weight is 282 g/mol. The molecule has 0 radical (unpaired) electrons. The van der Waals surface area contributed by atoms with Crippen LogP contribution < -0.4 is 20.9 Å². The summed E-state index contributed by atoms with van der Waals surface area (Å²) in [5, 5.41) is 0. The summed E-state index contributed by atoms with van der Waals surface area (Å²) in [5.74, 6) is 0.434. The van der Waals surface area contributed by atoms with Gasteiger partial charge in [0.25, 0.3) is 5.91 Å². The molecule has 0 aliphatic heterocycles. The second kappa shape index (κ2) is 6.94. The van der Waals surface area contributed by atoms with Crippen LogP contribution in [0.3, 0.4) is 0 Å². The molecule has 19 heavy (non-hydrogen) atoms. The minimum Gasteiger partial charge on any atom is -0.490 e. The summed E-state index contributed by atoms with van der Waals surface area (Å²) < 4.78 is 11.0. The Hall–Kier alpha value is -1.82. The number of hydrogen-bond donors (Lipinski definition) is 2. The lowest BCUT2D eigenvalue weighted by Gasteiger charge is -2.17. The summed E-state index contributed by atoms with van der Waals surface area (Å²) >= 11 is 4.91. The molecule has 0 aliphatic carbocycles. The third kappa shape index (κ3) is 4.10. The number of hydrogen-bond acceptors (Lipinski definition) is 4. The van der Waals surface area contributed by atoms with Crippen LogP contribution in [0.4, 0.5) is 0 Å². The highest BCUT2D eigenvalue weighted by Crippen LogP contribution is 2.29. The first-order valence-electron chi connectivity index (χ1n) is 6.02. The first-order chi connectivity index (χ1) is 8.99. The molecule has 5 nitrogen and oxygen atoms in total. The normalized spacial score (nSPS) is 11.7. The Labute approximate surface area is 117 Å². The first-order valence-corrected chi connectivity index (χ1v) is 6.43. The number of benzene rings is 1. The molecule has 0 saturated carbocycles. The monoisotopic (exact) mass is 282 g/mol. The smallest absolute Gasteiger partial charge is 0.258 e. The molecule has 104 valence electrons. The van der Waals surface area contributed by atoms with Gasteiger partial charge in [-0.1, -0.05) is 19.1 Å². The fourth-order valence-electron chi connectivity index (χ4n) is 1.52. The van der Waals surface area contributed by atoms with Gasteiger partial charge in [0.05, 0.1) is 6.61 Å². The molecule has 1 atom stereocenters. The predicted molar refractivity (Wildman–Crippen MR) is 77.4 cm³/mol. The fraction of sp³-hybridized carbons (Fsp3) is 0.385. The van der Waals surface area contributed by atoms with Crippen LogP contribution in [-0.4, -0.2) is 23.6 Å². The van der Waals surface area contributed by atoms with Crippen LogP contribution in [0, 0.1) is 0 Å². The van der Waals surface area contributed by atoms with E-state index >= 15 is 0 Å². The maximum Gasteiger partial charge on any atom is 0.258 e. The molecule has 0 heterocycles. The number of primary amides is 1. The Balaban J connectivity index is 3.05. The van der Waals surface area contributed by atoms with Gasteiger partial charge >= 0.3 is 0 Å². The molecule has 1 aromatic carbocycles. The fourth-order valence-corrected chi connectivity index (χ4v) is 1.65. The van der Waals surface area contributed by atoms with Crippen molar-refractivity contribution in [3.05, 3.63) is 23.8 Å². The van der Waals surface area contributed by atoms with Gasteiger partial charge < -0.3 is 20.9 Å². The number of nitrogens with two attached hydrogens (primary N) is 2. The Morgan fingerprint density at radius 1 is 1.32 bits per heavy atom. The molecule has 1 rings (SSSR count). The molecule has 4 N–H and O–H groups in total. The number of carbonyl (C=O) groups excluding carboxylic acids is 1. The van der Waals surface area contributed by atoms with Crippen LogP contribution >= 0.6 is 12.2 Å². The van der Waals surface area contributed by atoms with Crippen LogP contribution in [0.2, 0.25) is 0 Å². The Bertz CT molecular complexity index is 477. The van der Waals surface area contributed by atoms with E-state index in [0.717, 1.165) is 0 Å². The topological polar surface area (TPSA) is 87.6 Å². The van der Waals surface area contributed by atoms with E-state index in [1.807, 2.05) is 13.8 Å². The molecule has 0 saturated heterocycles. The molecule has 0 fully saturated rings. The van der Waals surface area contributed by atoms with E-state index in [-0.39, 0.29) is 4.99 Å². The van der Waals surface area contributed by atoms with Crippen molar-refractivity contribution in [2.24, 2.45) is 11.5 Å². The van der Waals surface area contributed by atoms with Crippen LogP contribution in [-0.2, 0) is 4.79 Å².